The summed E-state index contributed by atoms with van der Waals surface area (Å²) in [5.41, 5.74) is 0. The molecule has 130 valence electrons. The summed E-state index contributed by atoms with van der Waals surface area (Å²) in [7, 11) is 1.83. The van der Waals surface area contributed by atoms with Gasteiger partial charge < -0.3 is 20.1 Å². The molecule has 22 heavy (non-hydrogen) atoms. The minimum absolute atomic E-state index is 0.307. The molecule has 1 saturated heterocycles. The van der Waals surface area contributed by atoms with E-state index >= 15 is 0 Å². The highest BCUT2D eigenvalue weighted by Crippen LogP contribution is 2.11. The fourth-order valence-corrected chi connectivity index (χ4v) is 2.58. The number of unbranched alkanes of at least 4 members (excludes halogenated alkanes) is 1. The van der Waals surface area contributed by atoms with Gasteiger partial charge in [0, 0.05) is 33.4 Å². The monoisotopic (exact) mass is 313 g/mol. The Balaban J connectivity index is 2.05. The van der Waals surface area contributed by atoms with Crippen LogP contribution in [0.25, 0.3) is 0 Å². The second-order valence-corrected chi connectivity index (χ2v) is 6.01. The Kier molecular flexibility index (Phi) is 11.1. The van der Waals surface area contributed by atoms with E-state index in [1.807, 2.05) is 7.05 Å². The number of nitrogens with zero attached hydrogens (tertiary/aromatic N) is 1. The van der Waals surface area contributed by atoms with E-state index < -0.39 is 0 Å². The van der Waals surface area contributed by atoms with Crippen LogP contribution >= 0.6 is 0 Å². The van der Waals surface area contributed by atoms with Gasteiger partial charge in [-0.3, -0.25) is 4.99 Å². The van der Waals surface area contributed by atoms with Gasteiger partial charge in [-0.15, -0.1) is 0 Å². The molecular weight excluding hydrogens is 278 g/mol. The molecule has 1 aliphatic rings. The SMILES string of the molecule is CCCCC(CC)CNC(=NC)NCCCOC1CCOC1. The van der Waals surface area contributed by atoms with Crippen molar-refractivity contribution in [3.63, 3.8) is 0 Å². The Morgan fingerprint density at radius 1 is 1.32 bits per heavy atom. The molecule has 0 bridgehead atoms. The lowest BCUT2D eigenvalue weighted by Gasteiger charge is -2.18. The third-order valence-electron chi connectivity index (χ3n) is 4.18. The first-order valence-corrected chi connectivity index (χ1v) is 8.94. The second-order valence-electron chi connectivity index (χ2n) is 6.01. The van der Waals surface area contributed by atoms with Crippen molar-refractivity contribution in [1.29, 1.82) is 0 Å². The molecule has 5 heteroatoms. The molecule has 1 rings (SSSR count). The zero-order valence-electron chi connectivity index (χ0n) is 14.7. The summed E-state index contributed by atoms with van der Waals surface area (Å²) < 4.78 is 11.0. The van der Waals surface area contributed by atoms with Crippen LogP contribution in [0.1, 0.15) is 52.4 Å². The van der Waals surface area contributed by atoms with Gasteiger partial charge in [-0.2, -0.15) is 0 Å². The lowest BCUT2D eigenvalue weighted by molar-refractivity contribution is 0.0420. The summed E-state index contributed by atoms with van der Waals surface area (Å²) in [6, 6.07) is 0. The number of rotatable bonds is 11. The van der Waals surface area contributed by atoms with Crippen LogP contribution in [0.3, 0.4) is 0 Å². The predicted molar refractivity (Wildman–Crippen MR) is 92.5 cm³/mol. The van der Waals surface area contributed by atoms with Crippen LogP contribution in [0.15, 0.2) is 4.99 Å². The smallest absolute Gasteiger partial charge is 0.190 e. The molecule has 2 N–H and O–H groups in total. The minimum atomic E-state index is 0.307. The molecule has 0 radical (unpaired) electrons. The lowest BCUT2D eigenvalue weighted by atomic mass is 9.99. The highest BCUT2D eigenvalue weighted by molar-refractivity contribution is 5.79. The number of guanidine groups is 1. The minimum Gasteiger partial charge on any atom is -0.379 e. The fraction of sp³-hybridized carbons (Fsp3) is 0.941. The van der Waals surface area contributed by atoms with Crippen LogP contribution in [-0.4, -0.2) is 52.0 Å². The first-order chi connectivity index (χ1) is 10.8. The predicted octanol–water partition coefficient (Wildman–Crippen LogP) is 2.56. The van der Waals surface area contributed by atoms with Crippen LogP contribution in [0.4, 0.5) is 0 Å². The first kappa shape index (κ1) is 19.2. The van der Waals surface area contributed by atoms with Gasteiger partial charge in [0.1, 0.15) is 0 Å². The summed E-state index contributed by atoms with van der Waals surface area (Å²) in [6.45, 7) is 8.79. The van der Waals surface area contributed by atoms with Crippen molar-refractivity contribution in [2.75, 3.05) is 40.0 Å². The average Bonchev–Trinajstić information content (AvgIpc) is 3.06. The maximum Gasteiger partial charge on any atom is 0.190 e. The maximum atomic E-state index is 5.75. The van der Waals surface area contributed by atoms with Crippen molar-refractivity contribution >= 4 is 5.96 Å². The molecule has 2 atom stereocenters. The molecule has 0 aromatic heterocycles. The Bertz CT molecular complexity index is 292. The molecule has 0 saturated carbocycles. The molecule has 0 spiro atoms. The molecule has 1 fully saturated rings. The van der Waals surface area contributed by atoms with Gasteiger partial charge in [0.2, 0.25) is 0 Å². The van der Waals surface area contributed by atoms with Gasteiger partial charge in [0.15, 0.2) is 5.96 Å². The average molecular weight is 313 g/mol. The second kappa shape index (κ2) is 12.7. The molecule has 0 aliphatic carbocycles. The molecular formula is C17H35N3O2. The summed E-state index contributed by atoms with van der Waals surface area (Å²) in [6.07, 6.45) is 7.44. The molecule has 0 aromatic carbocycles. The van der Waals surface area contributed by atoms with E-state index in [1.54, 1.807) is 0 Å². The molecule has 5 nitrogen and oxygen atoms in total. The number of aliphatic imine (C=N–C) groups is 1. The van der Waals surface area contributed by atoms with Gasteiger partial charge in [0.05, 0.1) is 12.7 Å². The van der Waals surface area contributed by atoms with Gasteiger partial charge >= 0.3 is 0 Å². The number of nitrogens with one attached hydrogen (secondary N) is 2. The third kappa shape index (κ3) is 8.59. The summed E-state index contributed by atoms with van der Waals surface area (Å²) in [5, 5.41) is 6.80. The highest BCUT2D eigenvalue weighted by Gasteiger charge is 2.15. The van der Waals surface area contributed by atoms with E-state index in [1.165, 1.54) is 25.7 Å². The number of hydrogen-bond donors (Lipinski definition) is 2. The van der Waals surface area contributed by atoms with Crippen molar-refractivity contribution in [1.82, 2.24) is 10.6 Å². The fourth-order valence-electron chi connectivity index (χ4n) is 2.58. The van der Waals surface area contributed by atoms with Crippen LogP contribution in [0.5, 0.6) is 0 Å². The lowest BCUT2D eigenvalue weighted by Crippen LogP contribution is -2.40. The van der Waals surface area contributed by atoms with Crippen molar-refractivity contribution < 1.29 is 9.47 Å². The summed E-state index contributed by atoms with van der Waals surface area (Å²) >= 11 is 0. The van der Waals surface area contributed by atoms with E-state index in [2.05, 4.69) is 29.5 Å². The number of hydrogen-bond acceptors (Lipinski definition) is 3. The Morgan fingerprint density at radius 2 is 2.18 bits per heavy atom. The van der Waals surface area contributed by atoms with Crippen molar-refractivity contribution in [2.24, 2.45) is 10.9 Å². The summed E-state index contributed by atoms with van der Waals surface area (Å²) in [5.74, 6) is 1.64. The molecule has 2 unspecified atom stereocenters. The van der Waals surface area contributed by atoms with Gasteiger partial charge in [-0.1, -0.05) is 33.1 Å². The maximum absolute atomic E-state index is 5.75. The van der Waals surface area contributed by atoms with Gasteiger partial charge in [0.25, 0.3) is 0 Å². The van der Waals surface area contributed by atoms with Crippen molar-refractivity contribution in [3.8, 4) is 0 Å². The normalized spacial score (nSPS) is 20.1. The molecule has 1 aliphatic heterocycles. The highest BCUT2D eigenvalue weighted by atomic mass is 16.5. The Morgan fingerprint density at radius 3 is 2.82 bits per heavy atom. The van der Waals surface area contributed by atoms with Crippen molar-refractivity contribution in [3.05, 3.63) is 0 Å². The number of ether oxygens (including phenoxy) is 2. The van der Waals surface area contributed by atoms with Gasteiger partial charge in [-0.25, -0.2) is 0 Å². The van der Waals surface area contributed by atoms with Crippen LogP contribution in [-0.2, 0) is 9.47 Å². The first-order valence-electron chi connectivity index (χ1n) is 8.94. The standard InChI is InChI=1S/C17H35N3O2/c1-4-6-8-15(5-2)13-20-17(18-3)19-10-7-11-22-16-9-12-21-14-16/h15-16H,4-14H2,1-3H3,(H2,18,19,20). The van der Waals surface area contributed by atoms with E-state index in [4.69, 9.17) is 9.47 Å². The Hall–Kier alpha value is -0.810. The zero-order valence-corrected chi connectivity index (χ0v) is 14.7. The quantitative estimate of drug-likeness (QED) is 0.350. The summed E-state index contributed by atoms with van der Waals surface area (Å²) in [4.78, 5) is 4.28. The zero-order chi connectivity index (χ0) is 16.0. The Labute approximate surface area is 136 Å². The third-order valence-corrected chi connectivity index (χ3v) is 4.18. The van der Waals surface area contributed by atoms with E-state index in [0.29, 0.717) is 6.10 Å². The van der Waals surface area contributed by atoms with Gasteiger partial charge in [-0.05, 0) is 25.2 Å². The van der Waals surface area contributed by atoms with Crippen molar-refractivity contribution in [2.45, 2.75) is 58.5 Å². The van der Waals surface area contributed by atoms with Crippen LogP contribution in [0, 0.1) is 5.92 Å². The topological polar surface area (TPSA) is 54.9 Å². The van der Waals surface area contributed by atoms with E-state index in [0.717, 1.165) is 57.6 Å². The van der Waals surface area contributed by atoms with Crippen LogP contribution in [0.2, 0.25) is 0 Å². The molecule has 0 aromatic rings. The van der Waals surface area contributed by atoms with Crippen LogP contribution < -0.4 is 10.6 Å². The molecule has 0 amide bonds. The van der Waals surface area contributed by atoms with E-state index in [9.17, 15) is 0 Å². The molecule has 1 heterocycles. The van der Waals surface area contributed by atoms with E-state index in [-0.39, 0.29) is 0 Å². The largest absolute Gasteiger partial charge is 0.379 e.